The molecule has 1 heterocycles. The lowest BCUT2D eigenvalue weighted by molar-refractivity contribution is 0.547. The maximum Gasteiger partial charge on any atom is 0.0598 e. The molecule has 1 atom stereocenters. The number of nitrogens with two attached hydrogens (primary N) is 1. The van der Waals surface area contributed by atoms with E-state index < -0.39 is 0 Å². The summed E-state index contributed by atoms with van der Waals surface area (Å²) >= 11 is 0. The van der Waals surface area contributed by atoms with Gasteiger partial charge in [0.25, 0.3) is 0 Å². The molecular formula is C13H23N3. The van der Waals surface area contributed by atoms with Crippen LogP contribution in [-0.4, -0.2) is 18.1 Å². The molecule has 0 aliphatic rings. The fourth-order valence-corrected chi connectivity index (χ4v) is 1.78. The third-order valence-corrected chi connectivity index (χ3v) is 3.06. The molecule has 90 valence electrons. The van der Waals surface area contributed by atoms with Gasteiger partial charge in [-0.1, -0.05) is 20.3 Å². The van der Waals surface area contributed by atoms with Gasteiger partial charge in [-0.25, -0.2) is 0 Å². The maximum atomic E-state index is 5.75. The van der Waals surface area contributed by atoms with E-state index in [2.05, 4.69) is 30.7 Å². The third-order valence-electron chi connectivity index (χ3n) is 3.06. The SMILES string of the molecule is CCC(C)CN(CC)c1cnccc1CN. The molecule has 1 aromatic heterocycles. The van der Waals surface area contributed by atoms with Gasteiger partial charge in [0, 0.05) is 25.8 Å². The molecule has 0 saturated carbocycles. The van der Waals surface area contributed by atoms with Crippen LogP contribution in [0, 0.1) is 5.92 Å². The summed E-state index contributed by atoms with van der Waals surface area (Å²) in [6.07, 6.45) is 4.94. The first kappa shape index (κ1) is 13.0. The molecule has 0 spiro atoms. The van der Waals surface area contributed by atoms with Gasteiger partial charge < -0.3 is 10.6 Å². The Bertz CT molecular complexity index is 312. The zero-order valence-electron chi connectivity index (χ0n) is 10.6. The zero-order valence-corrected chi connectivity index (χ0v) is 10.6. The van der Waals surface area contributed by atoms with E-state index in [0.717, 1.165) is 13.1 Å². The number of hydrogen-bond donors (Lipinski definition) is 1. The smallest absolute Gasteiger partial charge is 0.0598 e. The summed E-state index contributed by atoms with van der Waals surface area (Å²) in [5.41, 5.74) is 8.12. The first-order valence-corrected chi connectivity index (χ1v) is 6.10. The minimum absolute atomic E-state index is 0.578. The van der Waals surface area contributed by atoms with E-state index in [1.807, 2.05) is 18.5 Å². The Kier molecular flexibility index (Phi) is 5.26. The molecule has 1 rings (SSSR count). The average molecular weight is 221 g/mol. The van der Waals surface area contributed by atoms with Crippen molar-refractivity contribution in [2.45, 2.75) is 33.7 Å². The van der Waals surface area contributed by atoms with Crippen molar-refractivity contribution in [3.05, 3.63) is 24.0 Å². The fourth-order valence-electron chi connectivity index (χ4n) is 1.78. The summed E-state index contributed by atoms with van der Waals surface area (Å²) in [6, 6.07) is 2.01. The van der Waals surface area contributed by atoms with Crippen LogP contribution in [-0.2, 0) is 6.54 Å². The number of anilines is 1. The summed E-state index contributed by atoms with van der Waals surface area (Å²) in [4.78, 5) is 6.56. The monoisotopic (exact) mass is 221 g/mol. The molecule has 0 saturated heterocycles. The molecule has 0 bridgehead atoms. The van der Waals surface area contributed by atoms with Gasteiger partial charge >= 0.3 is 0 Å². The van der Waals surface area contributed by atoms with Crippen molar-refractivity contribution in [2.24, 2.45) is 11.7 Å². The van der Waals surface area contributed by atoms with Crippen LogP contribution < -0.4 is 10.6 Å². The van der Waals surface area contributed by atoms with Crippen LogP contribution in [0.5, 0.6) is 0 Å². The van der Waals surface area contributed by atoms with E-state index >= 15 is 0 Å². The maximum absolute atomic E-state index is 5.75. The lowest BCUT2D eigenvalue weighted by Crippen LogP contribution is -2.29. The second-order valence-electron chi connectivity index (χ2n) is 4.26. The molecule has 0 aliphatic heterocycles. The lowest BCUT2D eigenvalue weighted by atomic mass is 10.1. The van der Waals surface area contributed by atoms with Crippen LogP contribution in [0.2, 0.25) is 0 Å². The molecule has 16 heavy (non-hydrogen) atoms. The molecule has 0 aliphatic carbocycles. The number of aromatic nitrogens is 1. The van der Waals surface area contributed by atoms with Gasteiger partial charge in [-0.2, -0.15) is 0 Å². The number of rotatable bonds is 6. The van der Waals surface area contributed by atoms with Gasteiger partial charge in [0.2, 0.25) is 0 Å². The molecule has 2 N–H and O–H groups in total. The van der Waals surface area contributed by atoms with Crippen molar-refractivity contribution in [2.75, 3.05) is 18.0 Å². The Balaban J connectivity index is 2.85. The summed E-state index contributed by atoms with van der Waals surface area (Å²) < 4.78 is 0. The van der Waals surface area contributed by atoms with Crippen molar-refractivity contribution in [3.8, 4) is 0 Å². The van der Waals surface area contributed by atoms with Gasteiger partial charge in [-0.05, 0) is 24.5 Å². The van der Waals surface area contributed by atoms with E-state index in [1.165, 1.54) is 17.7 Å². The van der Waals surface area contributed by atoms with Crippen molar-refractivity contribution in [1.29, 1.82) is 0 Å². The molecule has 1 unspecified atom stereocenters. The highest BCUT2D eigenvalue weighted by molar-refractivity contribution is 5.51. The number of nitrogens with zero attached hydrogens (tertiary/aromatic N) is 2. The Labute approximate surface area is 98.7 Å². The van der Waals surface area contributed by atoms with Crippen LogP contribution in [0.15, 0.2) is 18.5 Å². The topological polar surface area (TPSA) is 42.2 Å². The third kappa shape index (κ3) is 3.20. The fraction of sp³-hybridized carbons (Fsp3) is 0.615. The predicted octanol–water partition coefficient (Wildman–Crippen LogP) is 2.41. The summed E-state index contributed by atoms with van der Waals surface area (Å²) in [5.74, 6) is 0.700. The first-order chi connectivity index (χ1) is 7.72. The number of pyridine rings is 1. The molecule has 0 amide bonds. The molecule has 0 aromatic carbocycles. The largest absolute Gasteiger partial charge is 0.370 e. The Morgan fingerprint density at radius 1 is 1.44 bits per heavy atom. The van der Waals surface area contributed by atoms with Crippen molar-refractivity contribution < 1.29 is 0 Å². The summed E-state index contributed by atoms with van der Waals surface area (Å²) in [6.45, 7) is 9.34. The molecule has 0 fully saturated rings. The van der Waals surface area contributed by atoms with Gasteiger partial charge in [0.1, 0.15) is 0 Å². The van der Waals surface area contributed by atoms with Crippen molar-refractivity contribution >= 4 is 5.69 Å². The minimum Gasteiger partial charge on any atom is -0.370 e. The van der Waals surface area contributed by atoms with Gasteiger partial charge in [0.05, 0.1) is 11.9 Å². The van der Waals surface area contributed by atoms with Gasteiger partial charge in [-0.3, -0.25) is 4.98 Å². The molecule has 3 nitrogen and oxygen atoms in total. The van der Waals surface area contributed by atoms with E-state index in [1.54, 1.807) is 0 Å². The Hall–Kier alpha value is -1.09. The van der Waals surface area contributed by atoms with Gasteiger partial charge in [0.15, 0.2) is 0 Å². The van der Waals surface area contributed by atoms with Crippen LogP contribution in [0.3, 0.4) is 0 Å². The summed E-state index contributed by atoms with van der Waals surface area (Å²) in [5, 5.41) is 0. The lowest BCUT2D eigenvalue weighted by Gasteiger charge is -2.27. The van der Waals surface area contributed by atoms with E-state index in [9.17, 15) is 0 Å². The standard InChI is InChI=1S/C13H23N3/c1-4-11(3)10-16(5-2)13-9-15-7-6-12(13)8-14/h6-7,9,11H,4-5,8,10,14H2,1-3H3. The molecular weight excluding hydrogens is 198 g/mol. The first-order valence-electron chi connectivity index (χ1n) is 6.10. The van der Waals surface area contributed by atoms with Crippen molar-refractivity contribution in [3.63, 3.8) is 0 Å². The van der Waals surface area contributed by atoms with E-state index in [0.29, 0.717) is 12.5 Å². The molecule has 1 aromatic rings. The highest BCUT2D eigenvalue weighted by Gasteiger charge is 2.11. The normalized spacial score (nSPS) is 12.5. The second-order valence-corrected chi connectivity index (χ2v) is 4.26. The Morgan fingerprint density at radius 3 is 2.75 bits per heavy atom. The van der Waals surface area contributed by atoms with E-state index in [-0.39, 0.29) is 0 Å². The van der Waals surface area contributed by atoms with Crippen LogP contribution in [0.25, 0.3) is 0 Å². The second kappa shape index (κ2) is 6.48. The minimum atomic E-state index is 0.578. The van der Waals surface area contributed by atoms with Crippen molar-refractivity contribution in [1.82, 2.24) is 4.98 Å². The van der Waals surface area contributed by atoms with Crippen LogP contribution in [0.4, 0.5) is 5.69 Å². The number of hydrogen-bond acceptors (Lipinski definition) is 3. The predicted molar refractivity (Wildman–Crippen MR) is 69.5 cm³/mol. The Morgan fingerprint density at radius 2 is 2.19 bits per heavy atom. The molecule has 0 radical (unpaired) electrons. The average Bonchev–Trinajstić information content (AvgIpc) is 2.35. The summed E-state index contributed by atoms with van der Waals surface area (Å²) in [7, 11) is 0. The molecule has 3 heteroatoms. The quantitative estimate of drug-likeness (QED) is 0.802. The van der Waals surface area contributed by atoms with Gasteiger partial charge in [-0.15, -0.1) is 0 Å². The van der Waals surface area contributed by atoms with Crippen LogP contribution in [0.1, 0.15) is 32.8 Å². The van der Waals surface area contributed by atoms with E-state index in [4.69, 9.17) is 5.73 Å². The highest BCUT2D eigenvalue weighted by atomic mass is 15.1. The zero-order chi connectivity index (χ0) is 12.0. The van der Waals surface area contributed by atoms with Crippen LogP contribution >= 0.6 is 0 Å². The highest BCUT2D eigenvalue weighted by Crippen LogP contribution is 2.20.